The smallest absolute Gasteiger partial charge is 0.211 e. The summed E-state index contributed by atoms with van der Waals surface area (Å²) in [5.74, 6) is 0. The van der Waals surface area contributed by atoms with Gasteiger partial charge in [0.15, 0.2) is 0 Å². The number of nitrogens with zero attached hydrogens (tertiary/aromatic N) is 2. The highest BCUT2D eigenvalue weighted by atomic mass is 16.1. The first kappa shape index (κ1) is 16.6. The van der Waals surface area contributed by atoms with Crippen LogP contribution in [0.25, 0.3) is 0 Å². The number of aliphatic imine (C=N–C) groups is 2. The monoisotopic (exact) mass is 306 g/mol. The summed E-state index contributed by atoms with van der Waals surface area (Å²) in [6.45, 7) is 4.30. The van der Waals surface area contributed by atoms with E-state index in [1.165, 1.54) is 11.1 Å². The molecule has 2 aromatic carbocycles. The lowest BCUT2D eigenvalue weighted by atomic mass is 9.70. The maximum atomic E-state index is 10.3. The Kier molecular flexibility index (Phi) is 5.37. The average molecular weight is 306 g/mol. The quantitative estimate of drug-likeness (QED) is 0.572. The second-order valence-electron chi connectivity index (χ2n) is 5.29. The van der Waals surface area contributed by atoms with Crippen molar-refractivity contribution < 1.29 is 9.59 Å². The summed E-state index contributed by atoms with van der Waals surface area (Å²) in [5.41, 5.74) is 3.39. The third-order valence-electron chi connectivity index (χ3n) is 4.40. The SMILES string of the molecule is CCC(CC)(c1ccc(N=C=O)cc1)c1ccc(N=C=O)cc1. The highest BCUT2D eigenvalue weighted by Gasteiger charge is 2.30. The van der Waals surface area contributed by atoms with Gasteiger partial charge in [0, 0.05) is 5.41 Å². The van der Waals surface area contributed by atoms with Crippen molar-refractivity contribution >= 4 is 23.5 Å². The Bertz CT molecular complexity index is 683. The van der Waals surface area contributed by atoms with Crippen molar-refractivity contribution in [1.82, 2.24) is 0 Å². The van der Waals surface area contributed by atoms with Gasteiger partial charge >= 0.3 is 0 Å². The lowest BCUT2D eigenvalue weighted by Gasteiger charge is -2.33. The van der Waals surface area contributed by atoms with Gasteiger partial charge in [0.05, 0.1) is 11.4 Å². The van der Waals surface area contributed by atoms with Crippen LogP contribution in [0.5, 0.6) is 0 Å². The molecule has 0 aromatic heterocycles. The van der Waals surface area contributed by atoms with Gasteiger partial charge in [-0.05, 0) is 48.2 Å². The molecule has 4 heteroatoms. The van der Waals surface area contributed by atoms with Crippen LogP contribution in [0.3, 0.4) is 0 Å². The van der Waals surface area contributed by atoms with Crippen molar-refractivity contribution in [2.45, 2.75) is 32.1 Å². The lowest BCUT2D eigenvalue weighted by Crippen LogP contribution is -2.25. The maximum absolute atomic E-state index is 10.3. The van der Waals surface area contributed by atoms with Gasteiger partial charge in [0.1, 0.15) is 0 Å². The summed E-state index contributed by atoms with van der Waals surface area (Å²) >= 11 is 0. The van der Waals surface area contributed by atoms with Crippen molar-refractivity contribution in [2.75, 3.05) is 0 Å². The van der Waals surface area contributed by atoms with E-state index in [4.69, 9.17) is 0 Å². The summed E-state index contributed by atoms with van der Waals surface area (Å²) in [4.78, 5) is 28.0. The minimum absolute atomic E-state index is 0.132. The predicted octanol–water partition coefficient (Wildman–Crippen LogP) is 4.73. The van der Waals surface area contributed by atoms with Gasteiger partial charge in [-0.25, -0.2) is 9.59 Å². The number of rotatable bonds is 6. The van der Waals surface area contributed by atoms with Crippen LogP contribution in [0.2, 0.25) is 0 Å². The van der Waals surface area contributed by atoms with Crippen molar-refractivity contribution in [3.05, 3.63) is 59.7 Å². The molecule has 0 saturated heterocycles. The number of carbonyl (C=O) groups excluding carboxylic acids is 2. The van der Waals surface area contributed by atoms with Gasteiger partial charge in [0.25, 0.3) is 0 Å². The zero-order valence-electron chi connectivity index (χ0n) is 13.2. The first-order valence-corrected chi connectivity index (χ1v) is 7.57. The van der Waals surface area contributed by atoms with E-state index in [1.807, 2.05) is 48.5 Å². The van der Waals surface area contributed by atoms with Crippen LogP contribution < -0.4 is 0 Å². The normalized spacial score (nSPS) is 10.5. The maximum Gasteiger partial charge on any atom is 0.240 e. The zero-order valence-corrected chi connectivity index (χ0v) is 13.2. The fraction of sp³-hybridized carbons (Fsp3) is 0.263. The van der Waals surface area contributed by atoms with Gasteiger partial charge in [-0.2, -0.15) is 9.98 Å². The van der Waals surface area contributed by atoms with Crippen molar-refractivity contribution in [3.63, 3.8) is 0 Å². The molecule has 0 fully saturated rings. The van der Waals surface area contributed by atoms with Crippen LogP contribution in [0.4, 0.5) is 11.4 Å². The molecule has 0 bridgehead atoms. The molecular formula is C19H18N2O2. The van der Waals surface area contributed by atoms with Crippen LogP contribution in [-0.2, 0) is 15.0 Å². The topological polar surface area (TPSA) is 58.9 Å². The van der Waals surface area contributed by atoms with Crippen LogP contribution in [-0.4, -0.2) is 12.2 Å². The second-order valence-corrected chi connectivity index (χ2v) is 5.29. The van der Waals surface area contributed by atoms with Crippen molar-refractivity contribution in [3.8, 4) is 0 Å². The molecular weight excluding hydrogens is 288 g/mol. The van der Waals surface area contributed by atoms with E-state index in [0.29, 0.717) is 11.4 Å². The number of isocyanates is 2. The van der Waals surface area contributed by atoms with E-state index in [0.717, 1.165) is 12.8 Å². The Hall–Kier alpha value is -2.80. The molecule has 0 saturated carbocycles. The van der Waals surface area contributed by atoms with E-state index in [1.54, 1.807) is 12.2 Å². The third kappa shape index (κ3) is 3.35. The molecule has 2 aromatic rings. The van der Waals surface area contributed by atoms with Crippen molar-refractivity contribution in [2.24, 2.45) is 9.98 Å². The van der Waals surface area contributed by atoms with E-state index >= 15 is 0 Å². The molecule has 0 aliphatic carbocycles. The largest absolute Gasteiger partial charge is 0.240 e. The summed E-state index contributed by atoms with van der Waals surface area (Å²) in [7, 11) is 0. The molecule has 0 radical (unpaired) electrons. The fourth-order valence-electron chi connectivity index (χ4n) is 3.05. The molecule has 0 spiro atoms. The van der Waals surface area contributed by atoms with E-state index in [2.05, 4.69) is 23.8 Å². The summed E-state index contributed by atoms with van der Waals surface area (Å²) in [5, 5.41) is 0. The summed E-state index contributed by atoms with van der Waals surface area (Å²) in [6, 6.07) is 15.3. The van der Waals surface area contributed by atoms with E-state index < -0.39 is 0 Å². The summed E-state index contributed by atoms with van der Waals surface area (Å²) in [6.07, 6.45) is 4.96. The molecule has 0 unspecified atom stereocenters. The molecule has 0 aliphatic rings. The molecule has 0 amide bonds. The lowest BCUT2D eigenvalue weighted by molar-refractivity contribution is 0.478. The Morgan fingerprint density at radius 3 is 1.35 bits per heavy atom. The molecule has 4 nitrogen and oxygen atoms in total. The number of hydrogen-bond donors (Lipinski definition) is 0. The fourth-order valence-corrected chi connectivity index (χ4v) is 3.05. The Labute approximate surface area is 135 Å². The van der Waals surface area contributed by atoms with Crippen molar-refractivity contribution in [1.29, 1.82) is 0 Å². The number of hydrogen-bond acceptors (Lipinski definition) is 4. The highest BCUT2D eigenvalue weighted by molar-refractivity contribution is 5.53. The molecule has 23 heavy (non-hydrogen) atoms. The third-order valence-corrected chi connectivity index (χ3v) is 4.40. The molecule has 0 N–H and O–H groups in total. The van der Waals surface area contributed by atoms with Gasteiger partial charge in [-0.1, -0.05) is 38.1 Å². The molecule has 2 rings (SSSR count). The minimum atomic E-state index is -0.132. The minimum Gasteiger partial charge on any atom is -0.211 e. The second kappa shape index (κ2) is 7.46. The van der Waals surface area contributed by atoms with E-state index in [9.17, 15) is 9.59 Å². The summed E-state index contributed by atoms with van der Waals surface area (Å²) < 4.78 is 0. The van der Waals surface area contributed by atoms with Crippen LogP contribution in [0.15, 0.2) is 58.5 Å². The zero-order chi connectivity index (χ0) is 16.7. The van der Waals surface area contributed by atoms with Gasteiger partial charge in [-0.3, -0.25) is 0 Å². The van der Waals surface area contributed by atoms with Gasteiger partial charge < -0.3 is 0 Å². The molecule has 0 atom stereocenters. The average Bonchev–Trinajstić information content (AvgIpc) is 2.60. The first-order valence-electron chi connectivity index (χ1n) is 7.57. The Morgan fingerprint density at radius 1 is 0.739 bits per heavy atom. The first-order chi connectivity index (χ1) is 11.2. The predicted molar refractivity (Wildman–Crippen MR) is 89.8 cm³/mol. The van der Waals surface area contributed by atoms with Gasteiger partial charge in [-0.15, -0.1) is 0 Å². The molecule has 0 heterocycles. The van der Waals surface area contributed by atoms with E-state index in [-0.39, 0.29) is 5.41 Å². The molecule has 0 aliphatic heterocycles. The number of benzene rings is 2. The van der Waals surface area contributed by atoms with Crippen LogP contribution in [0.1, 0.15) is 37.8 Å². The standard InChI is InChI=1S/C19H18N2O2/c1-3-19(4-2,15-5-9-17(10-6-15)20-13-22)16-7-11-18(12-8-16)21-14-23/h5-12H,3-4H2,1-2H3. The van der Waals surface area contributed by atoms with Crippen LogP contribution >= 0.6 is 0 Å². The van der Waals surface area contributed by atoms with Gasteiger partial charge in [0.2, 0.25) is 12.2 Å². The highest BCUT2D eigenvalue weighted by Crippen LogP contribution is 2.39. The Balaban J connectivity index is 2.49. The Morgan fingerprint density at radius 2 is 1.09 bits per heavy atom. The van der Waals surface area contributed by atoms with Crippen LogP contribution in [0, 0.1) is 0 Å². The molecule has 116 valence electrons.